The van der Waals surface area contributed by atoms with Crippen molar-refractivity contribution >= 4 is 0 Å². The van der Waals surface area contributed by atoms with Crippen LogP contribution in [0.2, 0.25) is 0 Å². The molecule has 1 aromatic rings. The number of aromatic nitrogens is 2. The van der Waals surface area contributed by atoms with Crippen LogP contribution in [-0.2, 0) is 6.54 Å². The van der Waals surface area contributed by atoms with E-state index in [-0.39, 0.29) is 0 Å². The average molecular weight is 136 g/mol. The summed E-state index contributed by atoms with van der Waals surface area (Å²) >= 11 is 0. The van der Waals surface area contributed by atoms with Crippen molar-refractivity contribution in [2.45, 2.75) is 26.3 Å². The Morgan fingerprint density at radius 1 is 1.70 bits per heavy atom. The van der Waals surface area contributed by atoms with Crippen LogP contribution in [-0.4, -0.2) is 9.55 Å². The first-order valence-corrected chi connectivity index (χ1v) is 3.83. The van der Waals surface area contributed by atoms with E-state index < -0.39 is 0 Å². The van der Waals surface area contributed by atoms with Crippen LogP contribution in [0.5, 0.6) is 0 Å². The fourth-order valence-electron chi connectivity index (χ4n) is 1.17. The highest BCUT2D eigenvalue weighted by molar-refractivity contribution is 4.93. The van der Waals surface area contributed by atoms with Crippen molar-refractivity contribution in [1.82, 2.24) is 9.55 Å². The van der Waals surface area contributed by atoms with Crippen LogP contribution in [0.25, 0.3) is 0 Å². The van der Waals surface area contributed by atoms with E-state index in [0.717, 1.165) is 11.6 Å². The Hall–Kier alpha value is -0.790. The molecule has 1 heterocycles. The second-order valence-electron chi connectivity index (χ2n) is 3.16. The van der Waals surface area contributed by atoms with Gasteiger partial charge in [-0.2, -0.15) is 0 Å². The van der Waals surface area contributed by atoms with Gasteiger partial charge in [-0.15, -0.1) is 0 Å². The van der Waals surface area contributed by atoms with Crippen LogP contribution in [0.1, 0.15) is 18.5 Å². The van der Waals surface area contributed by atoms with Gasteiger partial charge in [-0.1, -0.05) is 0 Å². The van der Waals surface area contributed by atoms with E-state index >= 15 is 0 Å². The SMILES string of the molecule is Cc1cn(CC2CC2)cn1. The molecule has 2 nitrogen and oxygen atoms in total. The predicted octanol–water partition coefficient (Wildman–Crippen LogP) is 1.60. The molecule has 10 heavy (non-hydrogen) atoms. The summed E-state index contributed by atoms with van der Waals surface area (Å²) in [6, 6.07) is 0. The molecule has 1 fully saturated rings. The minimum atomic E-state index is 0.952. The van der Waals surface area contributed by atoms with Gasteiger partial charge in [0.15, 0.2) is 0 Å². The van der Waals surface area contributed by atoms with Crippen LogP contribution in [0.4, 0.5) is 0 Å². The Kier molecular flexibility index (Phi) is 1.26. The third kappa shape index (κ3) is 1.20. The van der Waals surface area contributed by atoms with E-state index in [0.29, 0.717) is 0 Å². The highest BCUT2D eigenvalue weighted by Gasteiger charge is 2.21. The summed E-state index contributed by atoms with van der Waals surface area (Å²) in [4.78, 5) is 4.16. The number of hydrogen-bond acceptors (Lipinski definition) is 1. The van der Waals surface area contributed by atoms with Gasteiger partial charge in [0.1, 0.15) is 0 Å². The zero-order valence-electron chi connectivity index (χ0n) is 6.25. The zero-order valence-corrected chi connectivity index (χ0v) is 6.25. The molecule has 0 saturated heterocycles. The highest BCUT2D eigenvalue weighted by Crippen LogP contribution is 2.30. The Morgan fingerprint density at radius 3 is 3.00 bits per heavy atom. The fraction of sp³-hybridized carbons (Fsp3) is 0.625. The minimum Gasteiger partial charge on any atom is -0.337 e. The molecule has 1 saturated carbocycles. The Bertz CT molecular complexity index is 223. The Morgan fingerprint density at radius 2 is 2.50 bits per heavy atom. The fourth-order valence-corrected chi connectivity index (χ4v) is 1.17. The topological polar surface area (TPSA) is 17.8 Å². The lowest BCUT2D eigenvalue weighted by Gasteiger charge is -1.95. The van der Waals surface area contributed by atoms with E-state index in [1.165, 1.54) is 19.4 Å². The maximum atomic E-state index is 4.16. The summed E-state index contributed by atoms with van der Waals surface area (Å²) < 4.78 is 2.19. The van der Waals surface area contributed by atoms with Crippen LogP contribution in [0.15, 0.2) is 12.5 Å². The summed E-state index contributed by atoms with van der Waals surface area (Å²) in [6.45, 7) is 3.21. The molecule has 2 heteroatoms. The first-order valence-electron chi connectivity index (χ1n) is 3.83. The summed E-state index contributed by atoms with van der Waals surface area (Å²) in [7, 11) is 0. The molecule has 1 aromatic heterocycles. The second kappa shape index (κ2) is 2.11. The molecule has 0 bridgehead atoms. The van der Waals surface area contributed by atoms with Gasteiger partial charge in [0.05, 0.1) is 12.0 Å². The van der Waals surface area contributed by atoms with Gasteiger partial charge in [-0.05, 0) is 25.7 Å². The van der Waals surface area contributed by atoms with Gasteiger partial charge in [0.2, 0.25) is 0 Å². The van der Waals surface area contributed by atoms with E-state index in [4.69, 9.17) is 0 Å². The second-order valence-corrected chi connectivity index (χ2v) is 3.16. The van der Waals surface area contributed by atoms with E-state index in [9.17, 15) is 0 Å². The molecular weight excluding hydrogens is 124 g/mol. The van der Waals surface area contributed by atoms with Gasteiger partial charge in [-0.25, -0.2) is 4.98 Å². The molecule has 0 radical (unpaired) electrons. The summed E-state index contributed by atoms with van der Waals surface area (Å²) in [5.41, 5.74) is 1.13. The summed E-state index contributed by atoms with van der Waals surface area (Å²) in [5.74, 6) is 0.952. The van der Waals surface area contributed by atoms with Crippen molar-refractivity contribution in [2.75, 3.05) is 0 Å². The predicted molar refractivity (Wildman–Crippen MR) is 39.7 cm³/mol. The van der Waals surface area contributed by atoms with Crippen molar-refractivity contribution < 1.29 is 0 Å². The van der Waals surface area contributed by atoms with Crippen LogP contribution < -0.4 is 0 Å². The molecule has 0 aliphatic heterocycles. The normalized spacial score (nSPS) is 17.7. The van der Waals surface area contributed by atoms with E-state index in [1.54, 1.807) is 0 Å². The third-order valence-electron chi connectivity index (χ3n) is 1.93. The molecule has 54 valence electrons. The third-order valence-corrected chi connectivity index (χ3v) is 1.93. The van der Waals surface area contributed by atoms with Crippen molar-refractivity contribution in [2.24, 2.45) is 5.92 Å². The van der Waals surface area contributed by atoms with Crippen molar-refractivity contribution in [3.05, 3.63) is 18.2 Å². The smallest absolute Gasteiger partial charge is 0.0949 e. The largest absolute Gasteiger partial charge is 0.337 e. The van der Waals surface area contributed by atoms with Crippen molar-refractivity contribution in [3.8, 4) is 0 Å². The molecular formula is C8H12N2. The van der Waals surface area contributed by atoms with Crippen molar-refractivity contribution in [3.63, 3.8) is 0 Å². The molecule has 2 rings (SSSR count). The number of aryl methyl sites for hydroxylation is 1. The number of imidazole rings is 1. The van der Waals surface area contributed by atoms with Crippen molar-refractivity contribution in [1.29, 1.82) is 0 Å². The Labute approximate surface area is 60.9 Å². The summed E-state index contributed by atoms with van der Waals surface area (Å²) in [6.07, 6.45) is 6.86. The molecule has 0 amide bonds. The van der Waals surface area contributed by atoms with Crippen LogP contribution >= 0.6 is 0 Å². The highest BCUT2D eigenvalue weighted by atomic mass is 15.0. The maximum Gasteiger partial charge on any atom is 0.0949 e. The van der Waals surface area contributed by atoms with Gasteiger partial charge >= 0.3 is 0 Å². The lowest BCUT2D eigenvalue weighted by molar-refractivity contribution is 0.626. The quantitative estimate of drug-likeness (QED) is 0.604. The lowest BCUT2D eigenvalue weighted by atomic mass is 10.4. The standard InChI is InChI=1S/C8H12N2/c1-7-4-10(6-9-7)5-8-2-3-8/h4,6,8H,2-3,5H2,1H3. The minimum absolute atomic E-state index is 0.952. The van der Waals surface area contributed by atoms with Gasteiger partial charge < -0.3 is 4.57 Å². The molecule has 1 aliphatic rings. The number of hydrogen-bond donors (Lipinski definition) is 0. The summed E-state index contributed by atoms with van der Waals surface area (Å²) in [5, 5.41) is 0. The maximum absolute atomic E-state index is 4.16. The van der Waals surface area contributed by atoms with E-state index in [1.807, 2.05) is 13.3 Å². The molecule has 0 atom stereocenters. The molecule has 0 aromatic carbocycles. The van der Waals surface area contributed by atoms with E-state index in [2.05, 4.69) is 15.7 Å². The number of nitrogens with zero attached hydrogens (tertiary/aromatic N) is 2. The molecule has 1 aliphatic carbocycles. The molecule has 0 N–H and O–H groups in total. The van der Waals surface area contributed by atoms with Crippen LogP contribution in [0.3, 0.4) is 0 Å². The first kappa shape index (κ1) is 5.96. The van der Waals surface area contributed by atoms with Gasteiger partial charge in [-0.3, -0.25) is 0 Å². The monoisotopic (exact) mass is 136 g/mol. The van der Waals surface area contributed by atoms with Crippen LogP contribution in [0, 0.1) is 12.8 Å². The first-order chi connectivity index (χ1) is 4.84. The lowest BCUT2D eigenvalue weighted by Crippen LogP contribution is -1.94. The van der Waals surface area contributed by atoms with Gasteiger partial charge in [0, 0.05) is 12.7 Å². The Balaban J connectivity index is 2.03. The number of rotatable bonds is 2. The van der Waals surface area contributed by atoms with Gasteiger partial charge in [0.25, 0.3) is 0 Å². The average Bonchev–Trinajstić information content (AvgIpc) is 2.59. The molecule has 0 spiro atoms. The molecule has 0 unspecified atom stereocenters. The zero-order chi connectivity index (χ0) is 6.97.